The number of nitrogens with one attached hydrogen (secondary N) is 1. The molecule has 2 aromatic carbocycles. The molecule has 0 bridgehead atoms. The van der Waals surface area contributed by atoms with Crippen molar-refractivity contribution < 1.29 is 14.3 Å². The molecule has 0 unspecified atom stereocenters. The fourth-order valence-corrected chi connectivity index (χ4v) is 2.65. The Labute approximate surface area is 162 Å². The van der Waals surface area contributed by atoms with Gasteiger partial charge in [0.25, 0.3) is 5.91 Å². The maximum atomic E-state index is 12.8. The summed E-state index contributed by atoms with van der Waals surface area (Å²) < 4.78 is 5.49. The van der Waals surface area contributed by atoms with E-state index in [0.29, 0.717) is 11.3 Å². The van der Waals surface area contributed by atoms with Gasteiger partial charge in [0, 0.05) is 17.4 Å². The highest BCUT2D eigenvalue weighted by molar-refractivity contribution is 6.32. The molecule has 1 heterocycles. The van der Waals surface area contributed by atoms with Gasteiger partial charge in [0.2, 0.25) is 6.10 Å². The third-order valence-corrected chi connectivity index (χ3v) is 4.16. The molecule has 1 atom stereocenters. The topological polar surface area (TPSA) is 68.3 Å². The summed E-state index contributed by atoms with van der Waals surface area (Å²) in [5.74, 6) is -1.18. The fourth-order valence-electron chi connectivity index (χ4n) is 2.45. The van der Waals surface area contributed by atoms with Gasteiger partial charge in [-0.3, -0.25) is 4.79 Å². The van der Waals surface area contributed by atoms with Crippen LogP contribution in [0.15, 0.2) is 72.9 Å². The minimum atomic E-state index is -1.13. The van der Waals surface area contributed by atoms with E-state index in [-0.39, 0.29) is 10.7 Å². The third kappa shape index (κ3) is 4.71. The Kier molecular flexibility index (Phi) is 5.84. The zero-order valence-electron chi connectivity index (χ0n) is 14.6. The van der Waals surface area contributed by atoms with E-state index in [1.165, 1.54) is 12.3 Å². The van der Waals surface area contributed by atoms with Gasteiger partial charge >= 0.3 is 5.97 Å². The Morgan fingerprint density at radius 1 is 1.00 bits per heavy atom. The van der Waals surface area contributed by atoms with Gasteiger partial charge in [-0.1, -0.05) is 59.6 Å². The van der Waals surface area contributed by atoms with Crippen LogP contribution in [0, 0.1) is 6.92 Å². The lowest BCUT2D eigenvalue weighted by Gasteiger charge is -2.18. The average molecular weight is 381 g/mol. The first-order valence-corrected chi connectivity index (χ1v) is 8.66. The molecule has 136 valence electrons. The van der Waals surface area contributed by atoms with Gasteiger partial charge in [-0.25, -0.2) is 9.78 Å². The number of hydrogen-bond donors (Lipinski definition) is 1. The summed E-state index contributed by atoms with van der Waals surface area (Å²) in [7, 11) is 0. The molecule has 0 aliphatic rings. The van der Waals surface area contributed by atoms with Crippen molar-refractivity contribution in [1.29, 1.82) is 0 Å². The van der Waals surface area contributed by atoms with E-state index < -0.39 is 18.0 Å². The molecular formula is C21H17ClN2O3. The molecule has 0 radical (unpaired) electrons. The van der Waals surface area contributed by atoms with Gasteiger partial charge < -0.3 is 10.1 Å². The molecule has 6 heteroatoms. The molecule has 0 spiro atoms. The van der Waals surface area contributed by atoms with Gasteiger partial charge in [0.05, 0.1) is 5.56 Å². The van der Waals surface area contributed by atoms with Gasteiger partial charge in [-0.2, -0.15) is 0 Å². The largest absolute Gasteiger partial charge is 0.444 e. The van der Waals surface area contributed by atoms with E-state index in [1.54, 1.807) is 42.5 Å². The van der Waals surface area contributed by atoms with Crippen LogP contribution in [0.5, 0.6) is 0 Å². The summed E-state index contributed by atoms with van der Waals surface area (Å²) >= 11 is 5.96. The van der Waals surface area contributed by atoms with Crippen LogP contribution in [-0.4, -0.2) is 16.9 Å². The molecule has 1 aromatic heterocycles. The number of carbonyl (C=O) groups excluding carboxylic acids is 2. The van der Waals surface area contributed by atoms with E-state index in [0.717, 1.165) is 5.56 Å². The number of benzene rings is 2. The molecule has 3 rings (SSSR count). The van der Waals surface area contributed by atoms with E-state index in [4.69, 9.17) is 16.3 Å². The number of aromatic nitrogens is 1. The Hall–Kier alpha value is -3.18. The number of rotatable bonds is 5. The number of amides is 1. The van der Waals surface area contributed by atoms with Crippen LogP contribution in [0.2, 0.25) is 5.15 Å². The van der Waals surface area contributed by atoms with Crippen molar-refractivity contribution in [3.8, 4) is 0 Å². The monoisotopic (exact) mass is 380 g/mol. The average Bonchev–Trinajstić information content (AvgIpc) is 2.68. The second-order valence-electron chi connectivity index (χ2n) is 5.89. The van der Waals surface area contributed by atoms with Crippen molar-refractivity contribution in [3.05, 3.63) is 94.8 Å². The first-order valence-electron chi connectivity index (χ1n) is 8.28. The van der Waals surface area contributed by atoms with Gasteiger partial charge in [-0.05, 0) is 31.2 Å². The molecule has 1 N–H and O–H groups in total. The molecule has 0 saturated heterocycles. The van der Waals surface area contributed by atoms with Crippen LogP contribution in [0.4, 0.5) is 5.69 Å². The summed E-state index contributed by atoms with van der Waals surface area (Å²) in [6.07, 6.45) is 0.342. The Morgan fingerprint density at radius 3 is 2.37 bits per heavy atom. The molecule has 5 nitrogen and oxygen atoms in total. The number of nitrogens with zero attached hydrogens (tertiary/aromatic N) is 1. The van der Waals surface area contributed by atoms with Crippen molar-refractivity contribution in [1.82, 2.24) is 4.98 Å². The SMILES string of the molecule is Cc1ccc(NC(=O)[C@@H](OC(=O)c2cccnc2Cl)c2ccccc2)cc1. The summed E-state index contributed by atoms with van der Waals surface area (Å²) in [5, 5.41) is 2.80. The Balaban J connectivity index is 1.85. The van der Waals surface area contributed by atoms with Gasteiger partial charge in [0.1, 0.15) is 5.15 Å². The predicted molar refractivity (Wildman–Crippen MR) is 104 cm³/mol. The van der Waals surface area contributed by atoms with Gasteiger partial charge in [-0.15, -0.1) is 0 Å². The number of ether oxygens (including phenoxy) is 1. The molecule has 27 heavy (non-hydrogen) atoms. The highest BCUT2D eigenvalue weighted by Gasteiger charge is 2.26. The molecule has 1 amide bonds. The van der Waals surface area contributed by atoms with Crippen LogP contribution >= 0.6 is 11.6 Å². The normalized spacial score (nSPS) is 11.5. The van der Waals surface area contributed by atoms with Gasteiger partial charge in [0.15, 0.2) is 0 Å². The van der Waals surface area contributed by atoms with Crippen molar-refractivity contribution >= 4 is 29.2 Å². The lowest BCUT2D eigenvalue weighted by molar-refractivity contribution is -0.125. The molecular weight excluding hydrogens is 364 g/mol. The fraction of sp³-hybridized carbons (Fsp3) is 0.0952. The van der Waals surface area contributed by atoms with E-state index in [1.807, 2.05) is 25.1 Å². The maximum Gasteiger partial charge on any atom is 0.342 e. The number of aryl methyl sites for hydroxylation is 1. The number of hydrogen-bond acceptors (Lipinski definition) is 4. The predicted octanol–water partition coefficient (Wildman–Crippen LogP) is 4.58. The highest BCUT2D eigenvalue weighted by atomic mass is 35.5. The number of anilines is 1. The summed E-state index contributed by atoms with van der Waals surface area (Å²) in [6.45, 7) is 1.96. The number of carbonyl (C=O) groups is 2. The summed E-state index contributed by atoms with van der Waals surface area (Å²) in [5.41, 5.74) is 2.34. The number of pyridine rings is 1. The van der Waals surface area contributed by atoms with Crippen LogP contribution in [0.3, 0.4) is 0 Å². The first-order chi connectivity index (χ1) is 13.0. The van der Waals surface area contributed by atoms with Crippen molar-refractivity contribution in [2.45, 2.75) is 13.0 Å². The maximum absolute atomic E-state index is 12.8. The molecule has 0 saturated carbocycles. The van der Waals surface area contributed by atoms with E-state index >= 15 is 0 Å². The molecule has 0 fully saturated rings. The zero-order chi connectivity index (χ0) is 19.2. The third-order valence-electron chi connectivity index (χ3n) is 3.86. The lowest BCUT2D eigenvalue weighted by atomic mass is 10.1. The lowest BCUT2D eigenvalue weighted by Crippen LogP contribution is -2.26. The number of halogens is 1. The molecule has 0 aliphatic heterocycles. The quantitative estimate of drug-likeness (QED) is 0.519. The van der Waals surface area contributed by atoms with Crippen molar-refractivity contribution in [2.75, 3.05) is 5.32 Å². The van der Waals surface area contributed by atoms with Crippen LogP contribution in [0.25, 0.3) is 0 Å². The minimum Gasteiger partial charge on any atom is -0.444 e. The standard InChI is InChI=1S/C21H17ClN2O3/c1-14-9-11-16(12-10-14)24-20(25)18(15-6-3-2-4-7-15)27-21(26)17-8-5-13-23-19(17)22/h2-13,18H,1H3,(H,24,25)/t18-/m0/s1. The Bertz CT molecular complexity index is 943. The summed E-state index contributed by atoms with van der Waals surface area (Å²) in [6, 6.07) is 19.2. The number of esters is 1. The smallest absolute Gasteiger partial charge is 0.342 e. The minimum absolute atomic E-state index is 0.0215. The van der Waals surface area contributed by atoms with Crippen LogP contribution in [-0.2, 0) is 9.53 Å². The highest BCUT2D eigenvalue weighted by Crippen LogP contribution is 2.23. The van der Waals surface area contributed by atoms with Crippen LogP contribution < -0.4 is 5.32 Å². The Morgan fingerprint density at radius 2 is 1.70 bits per heavy atom. The van der Waals surface area contributed by atoms with Crippen molar-refractivity contribution in [3.63, 3.8) is 0 Å². The second kappa shape index (κ2) is 8.47. The van der Waals surface area contributed by atoms with Crippen LogP contribution in [0.1, 0.15) is 27.6 Å². The second-order valence-corrected chi connectivity index (χ2v) is 6.25. The molecule has 0 aliphatic carbocycles. The zero-order valence-corrected chi connectivity index (χ0v) is 15.3. The van der Waals surface area contributed by atoms with Crippen molar-refractivity contribution in [2.24, 2.45) is 0 Å². The molecule has 3 aromatic rings. The van der Waals surface area contributed by atoms with E-state index in [9.17, 15) is 9.59 Å². The summed E-state index contributed by atoms with van der Waals surface area (Å²) in [4.78, 5) is 29.2. The first kappa shape index (κ1) is 18.6. The van der Waals surface area contributed by atoms with E-state index in [2.05, 4.69) is 10.3 Å².